The Labute approximate surface area is 137 Å². The zero-order chi connectivity index (χ0) is 15.8. The van der Waals surface area contributed by atoms with Crippen molar-refractivity contribution >= 4 is 17.7 Å². The molecule has 1 atom stereocenters. The number of aryl methyl sites for hydroxylation is 1. The molecule has 0 aliphatic heterocycles. The van der Waals surface area contributed by atoms with Crippen LogP contribution < -0.4 is 5.32 Å². The highest BCUT2D eigenvalue weighted by atomic mass is 32.2. The Morgan fingerprint density at radius 2 is 1.77 bits per heavy atom. The molecule has 0 fully saturated rings. The molecule has 0 heterocycles. The monoisotopic (exact) mass is 313 g/mol. The fraction of sp³-hybridized carbons (Fsp3) is 0.316. The summed E-state index contributed by atoms with van der Waals surface area (Å²) in [5, 5.41) is 3.14. The highest BCUT2D eigenvalue weighted by molar-refractivity contribution is 7.99. The third-order valence-electron chi connectivity index (χ3n) is 3.62. The second-order valence-corrected chi connectivity index (χ2v) is 6.56. The normalized spacial score (nSPS) is 11.9. The first-order chi connectivity index (χ1) is 10.7. The summed E-state index contributed by atoms with van der Waals surface area (Å²) in [6.45, 7) is 4.14. The van der Waals surface area contributed by atoms with E-state index in [0.29, 0.717) is 0 Å². The van der Waals surface area contributed by atoms with E-state index in [4.69, 9.17) is 0 Å². The molecular weight excluding hydrogens is 290 g/mol. The van der Waals surface area contributed by atoms with Crippen molar-refractivity contribution in [2.24, 2.45) is 0 Å². The Bertz CT molecular complexity index is 580. The summed E-state index contributed by atoms with van der Waals surface area (Å²) in [7, 11) is 0. The Morgan fingerprint density at radius 3 is 2.41 bits per heavy atom. The second kappa shape index (κ2) is 8.64. The van der Waals surface area contributed by atoms with Gasteiger partial charge in [-0.2, -0.15) is 0 Å². The molecule has 0 saturated heterocycles. The molecule has 0 bridgehead atoms. The predicted octanol–water partition coefficient (Wildman–Crippen LogP) is 4.69. The van der Waals surface area contributed by atoms with E-state index in [1.165, 1.54) is 10.5 Å². The van der Waals surface area contributed by atoms with Crippen molar-refractivity contribution in [3.63, 3.8) is 0 Å². The van der Waals surface area contributed by atoms with Crippen LogP contribution in [0.1, 0.15) is 35.7 Å². The molecule has 2 rings (SSSR count). The number of rotatable bonds is 7. The van der Waals surface area contributed by atoms with Gasteiger partial charge in [-0.15, -0.1) is 11.8 Å². The Kier molecular flexibility index (Phi) is 6.53. The van der Waals surface area contributed by atoms with E-state index in [9.17, 15) is 4.79 Å². The van der Waals surface area contributed by atoms with Gasteiger partial charge in [0.25, 0.3) is 5.91 Å². The van der Waals surface area contributed by atoms with Crippen molar-refractivity contribution in [3.8, 4) is 0 Å². The van der Waals surface area contributed by atoms with E-state index >= 15 is 0 Å². The van der Waals surface area contributed by atoms with Gasteiger partial charge in [-0.3, -0.25) is 4.79 Å². The lowest BCUT2D eigenvalue weighted by molar-refractivity contribution is 0.0935. The van der Waals surface area contributed by atoms with Gasteiger partial charge in [-0.1, -0.05) is 42.8 Å². The third-order valence-corrected chi connectivity index (χ3v) is 4.67. The maximum absolute atomic E-state index is 12.2. The lowest BCUT2D eigenvalue weighted by Crippen LogP contribution is -2.34. The van der Waals surface area contributed by atoms with Gasteiger partial charge in [-0.05, 0) is 49.8 Å². The number of hydrogen-bond donors (Lipinski definition) is 1. The summed E-state index contributed by atoms with van der Waals surface area (Å²) in [4.78, 5) is 13.5. The molecule has 0 saturated carbocycles. The van der Waals surface area contributed by atoms with Crippen molar-refractivity contribution in [3.05, 3.63) is 65.7 Å². The highest BCUT2D eigenvalue weighted by Crippen LogP contribution is 2.19. The molecule has 1 N–H and O–H groups in total. The van der Waals surface area contributed by atoms with Crippen molar-refractivity contribution < 1.29 is 4.79 Å². The molecule has 1 unspecified atom stereocenters. The molecule has 22 heavy (non-hydrogen) atoms. The van der Waals surface area contributed by atoms with Crippen molar-refractivity contribution in [2.75, 3.05) is 5.75 Å². The van der Waals surface area contributed by atoms with Crippen LogP contribution in [0, 0.1) is 6.92 Å². The summed E-state index contributed by atoms with van der Waals surface area (Å²) in [5.41, 5.74) is 1.91. The molecule has 2 aromatic carbocycles. The highest BCUT2D eigenvalue weighted by Gasteiger charge is 2.12. The van der Waals surface area contributed by atoms with E-state index < -0.39 is 0 Å². The van der Waals surface area contributed by atoms with Gasteiger partial charge in [0, 0.05) is 16.5 Å². The van der Waals surface area contributed by atoms with Crippen LogP contribution in [-0.2, 0) is 0 Å². The molecule has 3 heteroatoms. The molecule has 0 aromatic heterocycles. The van der Waals surface area contributed by atoms with Crippen LogP contribution in [0.3, 0.4) is 0 Å². The first-order valence-corrected chi connectivity index (χ1v) is 8.73. The summed E-state index contributed by atoms with van der Waals surface area (Å²) in [6, 6.07) is 18.3. The zero-order valence-corrected chi connectivity index (χ0v) is 14.0. The van der Waals surface area contributed by atoms with E-state index in [0.717, 1.165) is 24.2 Å². The summed E-state index contributed by atoms with van der Waals surface area (Å²) in [5.74, 6) is 1.04. The molecular formula is C19H23NOS. The van der Waals surface area contributed by atoms with Crippen LogP contribution in [0.15, 0.2) is 59.5 Å². The molecule has 2 aromatic rings. The zero-order valence-electron chi connectivity index (χ0n) is 13.2. The van der Waals surface area contributed by atoms with Crippen molar-refractivity contribution in [1.82, 2.24) is 5.32 Å². The fourth-order valence-electron chi connectivity index (χ4n) is 2.19. The molecule has 0 aliphatic rings. The number of benzene rings is 2. The van der Waals surface area contributed by atoms with E-state index in [1.54, 1.807) is 0 Å². The van der Waals surface area contributed by atoms with Crippen LogP contribution >= 0.6 is 11.8 Å². The fourth-order valence-corrected chi connectivity index (χ4v) is 3.18. The minimum atomic E-state index is 0.0246. The number of thioether (sulfide) groups is 1. The minimum absolute atomic E-state index is 0.0246. The van der Waals surface area contributed by atoms with Gasteiger partial charge in [0.1, 0.15) is 0 Å². The minimum Gasteiger partial charge on any atom is -0.349 e. The molecule has 0 aliphatic carbocycles. The standard InChI is InChI=1S/C19H23NOS/c1-3-17(13-14-22-18-7-5-4-6-8-18)20-19(21)16-11-9-15(2)10-12-16/h4-12,17H,3,13-14H2,1-2H3,(H,20,21). The van der Waals surface area contributed by atoms with Gasteiger partial charge in [0.05, 0.1) is 0 Å². The lowest BCUT2D eigenvalue weighted by Gasteiger charge is -2.17. The first kappa shape index (κ1) is 16.6. The van der Waals surface area contributed by atoms with Crippen LogP contribution in [0.2, 0.25) is 0 Å². The maximum Gasteiger partial charge on any atom is 0.251 e. The number of hydrogen-bond acceptors (Lipinski definition) is 2. The second-order valence-electron chi connectivity index (χ2n) is 5.39. The van der Waals surface area contributed by atoms with Crippen LogP contribution in [-0.4, -0.2) is 17.7 Å². The topological polar surface area (TPSA) is 29.1 Å². The Morgan fingerprint density at radius 1 is 1.09 bits per heavy atom. The van der Waals surface area contributed by atoms with Gasteiger partial charge in [-0.25, -0.2) is 0 Å². The predicted molar refractivity (Wildman–Crippen MR) is 94.5 cm³/mol. The molecule has 1 amide bonds. The summed E-state index contributed by atoms with van der Waals surface area (Å²) < 4.78 is 0. The smallest absolute Gasteiger partial charge is 0.251 e. The van der Waals surface area contributed by atoms with Crippen LogP contribution in [0.5, 0.6) is 0 Å². The number of amides is 1. The number of nitrogens with one attached hydrogen (secondary N) is 1. The van der Waals surface area contributed by atoms with Gasteiger partial charge in [0.15, 0.2) is 0 Å². The Hall–Kier alpha value is -1.74. The lowest BCUT2D eigenvalue weighted by atomic mass is 10.1. The van der Waals surface area contributed by atoms with Gasteiger partial charge in [0.2, 0.25) is 0 Å². The van der Waals surface area contributed by atoms with E-state index in [1.807, 2.05) is 49.0 Å². The van der Waals surface area contributed by atoms with Crippen LogP contribution in [0.25, 0.3) is 0 Å². The molecule has 0 spiro atoms. The molecule has 116 valence electrons. The van der Waals surface area contributed by atoms with Crippen molar-refractivity contribution in [2.45, 2.75) is 37.6 Å². The van der Waals surface area contributed by atoms with Gasteiger partial charge >= 0.3 is 0 Å². The third kappa shape index (κ3) is 5.23. The quantitative estimate of drug-likeness (QED) is 0.752. The van der Waals surface area contributed by atoms with E-state index in [2.05, 4.69) is 36.5 Å². The van der Waals surface area contributed by atoms with Gasteiger partial charge < -0.3 is 5.32 Å². The largest absolute Gasteiger partial charge is 0.349 e. The van der Waals surface area contributed by atoms with Crippen molar-refractivity contribution in [1.29, 1.82) is 0 Å². The molecule has 2 nitrogen and oxygen atoms in total. The van der Waals surface area contributed by atoms with Crippen LogP contribution in [0.4, 0.5) is 0 Å². The average molecular weight is 313 g/mol. The average Bonchev–Trinajstić information content (AvgIpc) is 2.55. The maximum atomic E-state index is 12.2. The Balaban J connectivity index is 1.81. The number of carbonyl (C=O) groups excluding carboxylic acids is 1. The molecule has 0 radical (unpaired) electrons. The van der Waals surface area contributed by atoms with E-state index in [-0.39, 0.29) is 11.9 Å². The SMILES string of the molecule is CCC(CCSc1ccccc1)NC(=O)c1ccc(C)cc1. The first-order valence-electron chi connectivity index (χ1n) is 7.74. The summed E-state index contributed by atoms with van der Waals surface area (Å²) in [6.07, 6.45) is 1.93. The summed E-state index contributed by atoms with van der Waals surface area (Å²) >= 11 is 1.84. The number of carbonyl (C=O) groups is 1.